The summed E-state index contributed by atoms with van der Waals surface area (Å²) in [5.74, 6) is -3.24. The number of aromatic nitrogens is 2. The lowest BCUT2D eigenvalue weighted by atomic mass is 10.0. The van der Waals surface area contributed by atoms with Gasteiger partial charge in [0.2, 0.25) is 0 Å². The summed E-state index contributed by atoms with van der Waals surface area (Å²) in [6.45, 7) is 3.34. The topological polar surface area (TPSA) is 25.8 Å². The molecule has 2 heterocycles. The first-order chi connectivity index (χ1) is 17.5. The first kappa shape index (κ1) is 27.0. The highest BCUT2D eigenvalue weighted by molar-refractivity contribution is 6.39. The Kier molecular flexibility index (Phi) is 7.88. The Morgan fingerprint density at radius 1 is 0.649 bits per heavy atom. The zero-order chi connectivity index (χ0) is 27.0. The molecule has 10 heteroatoms. The van der Waals surface area contributed by atoms with Crippen molar-refractivity contribution in [2.75, 3.05) is 0 Å². The van der Waals surface area contributed by atoms with Gasteiger partial charge in [-0.2, -0.15) is 0 Å². The molecule has 0 fully saturated rings. The molecule has 0 bridgehead atoms. The lowest BCUT2D eigenvalue weighted by Crippen LogP contribution is -2.00. The van der Waals surface area contributed by atoms with Crippen LogP contribution in [0.3, 0.4) is 0 Å². The molecule has 37 heavy (non-hydrogen) atoms. The highest BCUT2D eigenvalue weighted by Crippen LogP contribution is 2.33. The largest absolute Gasteiger partial charge is 0.252 e. The van der Waals surface area contributed by atoms with E-state index in [1.54, 1.807) is 26.0 Å². The molecular formula is C27H16Cl3F5N2. The number of hydrogen-bond donors (Lipinski definition) is 0. The van der Waals surface area contributed by atoms with Crippen molar-refractivity contribution in [2.24, 2.45) is 0 Å². The summed E-state index contributed by atoms with van der Waals surface area (Å²) < 4.78 is 66.8. The summed E-state index contributed by atoms with van der Waals surface area (Å²) in [4.78, 5) is 8.15. The normalized spacial score (nSPS) is 11.1. The quantitative estimate of drug-likeness (QED) is 0.156. The third-order valence-corrected chi connectivity index (χ3v) is 6.96. The van der Waals surface area contributed by atoms with Crippen LogP contribution in [0.15, 0.2) is 48.5 Å². The van der Waals surface area contributed by atoms with Crippen molar-refractivity contribution in [1.29, 1.82) is 0 Å². The SMILES string of the molecule is Cc1c(Cc2cccc(F)c2)nc2cc(F)cc(F)c2c1Cl.Cc1c(Cl)nc2cc(F)cc(F)c2c1Cl. The highest BCUT2D eigenvalue weighted by Gasteiger charge is 2.16. The van der Waals surface area contributed by atoms with Crippen LogP contribution >= 0.6 is 34.8 Å². The van der Waals surface area contributed by atoms with Gasteiger partial charge in [-0.05, 0) is 37.1 Å². The van der Waals surface area contributed by atoms with Crippen LogP contribution in [0.25, 0.3) is 21.8 Å². The molecule has 5 aromatic rings. The van der Waals surface area contributed by atoms with Gasteiger partial charge in [-0.1, -0.05) is 46.9 Å². The Morgan fingerprint density at radius 2 is 1.19 bits per heavy atom. The Bertz CT molecular complexity index is 1670. The summed E-state index contributed by atoms with van der Waals surface area (Å²) in [5.41, 5.74) is 2.63. The Labute approximate surface area is 223 Å². The lowest BCUT2D eigenvalue weighted by Gasteiger charge is -2.11. The predicted molar refractivity (Wildman–Crippen MR) is 137 cm³/mol. The van der Waals surface area contributed by atoms with Gasteiger partial charge < -0.3 is 0 Å². The summed E-state index contributed by atoms with van der Waals surface area (Å²) >= 11 is 17.9. The molecule has 0 atom stereocenters. The Hall–Kier alpha value is -3.00. The van der Waals surface area contributed by atoms with Crippen LogP contribution in [0.2, 0.25) is 15.2 Å². The van der Waals surface area contributed by atoms with Crippen LogP contribution in [0.4, 0.5) is 22.0 Å². The van der Waals surface area contributed by atoms with E-state index in [4.69, 9.17) is 34.8 Å². The first-order valence-corrected chi connectivity index (χ1v) is 11.9. The van der Waals surface area contributed by atoms with Crippen molar-refractivity contribution in [3.05, 3.63) is 115 Å². The third kappa shape index (κ3) is 5.64. The maximum absolute atomic E-state index is 13.9. The minimum Gasteiger partial charge on any atom is -0.252 e. The average Bonchev–Trinajstić information content (AvgIpc) is 2.80. The van der Waals surface area contributed by atoms with Crippen LogP contribution in [0, 0.1) is 42.9 Å². The Morgan fingerprint density at radius 3 is 1.76 bits per heavy atom. The summed E-state index contributed by atoms with van der Waals surface area (Å²) in [5, 5.41) is 0.720. The van der Waals surface area contributed by atoms with Crippen LogP contribution in [0.1, 0.15) is 22.4 Å². The van der Waals surface area contributed by atoms with Crippen molar-refractivity contribution in [1.82, 2.24) is 9.97 Å². The van der Waals surface area contributed by atoms with Gasteiger partial charge in [0.25, 0.3) is 0 Å². The monoisotopic (exact) mass is 568 g/mol. The van der Waals surface area contributed by atoms with Gasteiger partial charge in [0, 0.05) is 41.9 Å². The van der Waals surface area contributed by atoms with Crippen molar-refractivity contribution in [2.45, 2.75) is 20.3 Å². The fourth-order valence-corrected chi connectivity index (χ4v) is 4.56. The first-order valence-electron chi connectivity index (χ1n) is 10.7. The molecule has 0 saturated carbocycles. The van der Waals surface area contributed by atoms with Crippen LogP contribution in [0.5, 0.6) is 0 Å². The number of benzene rings is 3. The number of halogens is 8. The van der Waals surface area contributed by atoms with Crippen LogP contribution in [-0.4, -0.2) is 9.97 Å². The molecular weight excluding hydrogens is 554 g/mol. The van der Waals surface area contributed by atoms with E-state index in [1.165, 1.54) is 12.1 Å². The van der Waals surface area contributed by atoms with Gasteiger partial charge in [-0.15, -0.1) is 0 Å². The van der Waals surface area contributed by atoms with Crippen molar-refractivity contribution >= 4 is 56.6 Å². The molecule has 0 N–H and O–H groups in total. The van der Waals surface area contributed by atoms with E-state index in [9.17, 15) is 22.0 Å². The van der Waals surface area contributed by atoms with Gasteiger partial charge in [0.1, 0.15) is 34.2 Å². The fraction of sp³-hybridized carbons (Fsp3) is 0.111. The number of pyridine rings is 2. The average molecular weight is 570 g/mol. The molecule has 0 radical (unpaired) electrons. The standard InChI is InChI=1S/C17H11ClF3N.C10H5Cl2F2N/c1-9-14(6-10-3-2-4-11(19)5-10)22-15-8-12(20)7-13(21)16(15)17(9)18;1-4-9(11)8-6(14)2-5(13)3-7(8)15-10(4)12/h2-5,7-8H,6H2,1H3;2-3H,1H3. The number of nitrogens with zero attached hydrogens (tertiary/aromatic N) is 2. The van der Waals surface area contributed by atoms with E-state index < -0.39 is 23.3 Å². The number of fused-ring (bicyclic) bond motifs is 2. The zero-order valence-electron chi connectivity index (χ0n) is 19.2. The van der Waals surface area contributed by atoms with Crippen LogP contribution < -0.4 is 0 Å². The molecule has 0 aliphatic rings. The molecule has 190 valence electrons. The maximum Gasteiger partial charge on any atom is 0.137 e. The summed E-state index contributed by atoms with van der Waals surface area (Å²) in [6.07, 6.45) is 0.331. The molecule has 0 saturated heterocycles. The predicted octanol–water partition coefficient (Wildman–Crippen LogP) is 9.33. The second kappa shape index (κ2) is 10.8. The van der Waals surface area contributed by atoms with E-state index in [0.29, 0.717) is 28.8 Å². The molecule has 0 aliphatic carbocycles. The van der Waals surface area contributed by atoms with Crippen molar-refractivity contribution < 1.29 is 22.0 Å². The maximum atomic E-state index is 13.9. The van der Waals surface area contributed by atoms with Gasteiger partial charge >= 0.3 is 0 Å². The minimum atomic E-state index is -0.743. The van der Waals surface area contributed by atoms with E-state index in [-0.39, 0.29) is 42.8 Å². The molecule has 5 rings (SSSR count). The van der Waals surface area contributed by atoms with E-state index in [1.807, 2.05) is 0 Å². The van der Waals surface area contributed by atoms with Crippen LogP contribution in [-0.2, 0) is 6.42 Å². The van der Waals surface area contributed by atoms with Gasteiger partial charge in [0.15, 0.2) is 0 Å². The molecule has 0 spiro atoms. The van der Waals surface area contributed by atoms with Gasteiger partial charge in [0.05, 0.1) is 31.9 Å². The van der Waals surface area contributed by atoms with Gasteiger partial charge in [-0.3, -0.25) is 4.98 Å². The third-order valence-electron chi connectivity index (χ3n) is 5.64. The van der Waals surface area contributed by atoms with Crippen molar-refractivity contribution in [3.8, 4) is 0 Å². The van der Waals surface area contributed by atoms with Crippen molar-refractivity contribution in [3.63, 3.8) is 0 Å². The molecule has 0 amide bonds. The second-order valence-electron chi connectivity index (χ2n) is 8.21. The van der Waals surface area contributed by atoms with E-state index in [2.05, 4.69) is 9.97 Å². The molecule has 2 aromatic heterocycles. The summed E-state index contributed by atoms with van der Waals surface area (Å²) in [6, 6.07) is 9.88. The summed E-state index contributed by atoms with van der Waals surface area (Å²) in [7, 11) is 0. The molecule has 0 unspecified atom stereocenters. The van der Waals surface area contributed by atoms with Gasteiger partial charge in [-0.25, -0.2) is 26.9 Å². The molecule has 0 aliphatic heterocycles. The molecule has 3 aromatic carbocycles. The Balaban J connectivity index is 0.000000186. The second-order valence-corrected chi connectivity index (χ2v) is 9.32. The smallest absolute Gasteiger partial charge is 0.137 e. The number of rotatable bonds is 2. The number of hydrogen-bond acceptors (Lipinski definition) is 2. The minimum absolute atomic E-state index is 0.0972. The fourth-order valence-electron chi connectivity index (χ4n) is 3.75. The van der Waals surface area contributed by atoms with E-state index in [0.717, 1.165) is 24.3 Å². The highest BCUT2D eigenvalue weighted by atomic mass is 35.5. The molecule has 2 nitrogen and oxygen atoms in total. The van der Waals surface area contributed by atoms with E-state index >= 15 is 0 Å². The lowest BCUT2D eigenvalue weighted by molar-refractivity contribution is 0.590. The zero-order valence-corrected chi connectivity index (χ0v) is 21.5.